The molecule has 420 valence electrons. The fraction of sp³-hybridized carbons (Fsp3) is 0.673. The Kier molecular flexibility index (Phi) is 29.7. The smallest absolute Gasteiger partial charge is 0.472 e. The number of nitrogen functional groups attached to an aromatic ring is 2. The Balaban J connectivity index is 1.41. The lowest BCUT2D eigenvalue weighted by atomic mass is 10.0. The van der Waals surface area contributed by atoms with Crippen LogP contribution in [-0.4, -0.2) is 137 Å². The molecular weight excluding hydrogens is 988 g/mol. The van der Waals surface area contributed by atoms with E-state index in [4.69, 9.17) is 30.0 Å². The summed E-state index contributed by atoms with van der Waals surface area (Å²) < 4.78 is 34.3. The number of anilines is 3. The Morgan fingerprint density at radius 3 is 1.95 bits per heavy atom. The van der Waals surface area contributed by atoms with Gasteiger partial charge in [-0.25, -0.2) is 14.5 Å². The largest absolute Gasteiger partial charge is 0.481 e. The summed E-state index contributed by atoms with van der Waals surface area (Å²) in [7, 11) is 3.00. The van der Waals surface area contributed by atoms with Gasteiger partial charge >= 0.3 is 25.7 Å². The molecule has 1 aromatic carbocycles. The van der Waals surface area contributed by atoms with Crippen LogP contribution in [0.4, 0.5) is 17.5 Å². The van der Waals surface area contributed by atoms with Gasteiger partial charge in [-0.05, 0) is 49.9 Å². The Labute approximate surface area is 443 Å². The molecule has 22 nitrogen and oxygen atoms in total. The Hall–Kier alpha value is -5.54. The zero-order valence-corrected chi connectivity index (χ0v) is 46.0. The molecule has 0 saturated carbocycles. The normalized spacial score (nSPS) is 13.1. The third-order valence-corrected chi connectivity index (χ3v) is 13.2. The van der Waals surface area contributed by atoms with Crippen LogP contribution in [-0.2, 0) is 48.8 Å². The summed E-state index contributed by atoms with van der Waals surface area (Å²) >= 11 is 0. The number of phosphoric acid groups is 1. The molecule has 0 bridgehead atoms. The van der Waals surface area contributed by atoms with Crippen LogP contribution in [0.3, 0.4) is 0 Å². The number of carboxylic acids is 1. The average molecular weight is 1070 g/mol. The minimum absolute atomic E-state index is 0.00584. The molecule has 2 amide bonds. The SMILES string of the molecule is CCCCCCCCCCCCCCCCCC(=O)OCC(COP(=O)(O)OCC[N+](C)(C)C)OC(=O)CCCCCNC(=O)[C@H](CCC(=O)O)NC(=O)c1ccc(N(C)Cc2cnc3nc(N)nc(N)c3n2)cc1. The summed E-state index contributed by atoms with van der Waals surface area (Å²) in [6.07, 6.45) is 19.3. The number of rotatable bonds is 41. The van der Waals surface area contributed by atoms with Crippen molar-refractivity contribution in [3.8, 4) is 0 Å². The van der Waals surface area contributed by atoms with Crippen molar-refractivity contribution in [2.24, 2.45) is 0 Å². The number of unbranched alkanes of at least 4 members (excludes halogenated alkanes) is 16. The standard InChI is InChI=1S/C52H85N10O12P/c1-6-7-8-9-10-11-12-13-14-15-16-17-18-19-21-24-45(65)71-37-42(38-73-75(69,70)72-34-33-62(3,4)5)74-46(66)25-22-20-23-32-55-51(68)43(30-31-44(63)64)58-50(67)39-26-28-41(29-27-39)61(2)36-40-35-56-49-47(57-40)48(53)59-52(54)60-49/h26-29,35,42-43H,6-25,30-34,36-38H2,1-5H3,(H7-,53,54,55,56,58,59,60,63,64,67,68,69,70)/p+1/t42?,43-/m0/s1. The van der Waals surface area contributed by atoms with Crippen LogP contribution in [0.2, 0.25) is 0 Å². The fourth-order valence-corrected chi connectivity index (χ4v) is 8.59. The van der Waals surface area contributed by atoms with Crippen LogP contribution < -0.4 is 27.0 Å². The summed E-state index contributed by atoms with van der Waals surface area (Å²) in [6.45, 7) is 2.21. The molecule has 0 aliphatic carbocycles. The number of carboxylic acid groups (broad SMARTS) is 1. The summed E-state index contributed by atoms with van der Waals surface area (Å²) in [5.41, 5.74) is 13.8. The molecule has 2 heterocycles. The topological polar surface area (TPSA) is 311 Å². The number of ether oxygens (including phenoxy) is 2. The second-order valence-corrected chi connectivity index (χ2v) is 21.5. The van der Waals surface area contributed by atoms with E-state index in [0.29, 0.717) is 54.5 Å². The Morgan fingerprint density at radius 2 is 1.35 bits per heavy atom. The minimum atomic E-state index is -4.52. The van der Waals surface area contributed by atoms with Gasteiger partial charge in [0.05, 0.1) is 46.2 Å². The van der Waals surface area contributed by atoms with Crippen LogP contribution in [0.25, 0.3) is 11.2 Å². The number of carbonyl (C=O) groups is 5. The van der Waals surface area contributed by atoms with Crippen molar-refractivity contribution >= 4 is 66.2 Å². The van der Waals surface area contributed by atoms with Gasteiger partial charge in [0.15, 0.2) is 23.1 Å². The van der Waals surface area contributed by atoms with Crippen molar-refractivity contribution in [3.63, 3.8) is 0 Å². The number of fused-ring (bicyclic) bond motifs is 1. The van der Waals surface area contributed by atoms with E-state index < -0.39 is 56.3 Å². The average Bonchev–Trinajstić information content (AvgIpc) is 3.35. The molecule has 2 unspecified atom stereocenters. The summed E-state index contributed by atoms with van der Waals surface area (Å²) in [4.78, 5) is 92.4. The van der Waals surface area contributed by atoms with E-state index in [1.54, 1.807) is 30.5 Å². The number of amides is 2. The molecule has 2 aromatic heterocycles. The first-order valence-corrected chi connectivity index (χ1v) is 28.2. The number of likely N-dealkylation sites (N-methyl/N-ethyl adjacent to an activating group) is 1. The van der Waals surface area contributed by atoms with Gasteiger partial charge in [-0.2, -0.15) is 9.97 Å². The van der Waals surface area contributed by atoms with E-state index in [9.17, 15) is 38.5 Å². The van der Waals surface area contributed by atoms with E-state index in [1.165, 1.54) is 70.6 Å². The molecule has 3 aromatic rings. The quantitative estimate of drug-likeness (QED) is 0.0139. The first-order chi connectivity index (χ1) is 35.7. The number of hydrogen-bond donors (Lipinski definition) is 6. The van der Waals surface area contributed by atoms with Crippen molar-refractivity contribution in [1.29, 1.82) is 0 Å². The molecule has 8 N–H and O–H groups in total. The highest BCUT2D eigenvalue weighted by Crippen LogP contribution is 2.43. The molecule has 0 spiro atoms. The first kappa shape index (κ1) is 63.8. The van der Waals surface area contributed by atoms with Crippen LogP contribution in [0, 0.1) is 0 Å². The van der Waals surface area contributed by atoms with Gasteiger partial charge in [0.25, 0.3) is 5.91 Å². The maximum atomic E-state index is 13.3. The summed E-state index contributed by atoms with van der Waals surface area (Å²) in [6, 6.07) is 5.45. The predicted octanol–water partition coefficient (Wildman–Crippen LogP) is 7.42. The monoisotopic (exact) mass is 1070 g/mol. The fourth-order valence-electron chi connectivity index (χ4n) is 7.85. The molecule has 0 aliphatic heterocycles. The number of nitrogens with zero attached hydrogens (tertiary/aromatic N) is 6. The lowest BCUT2D eigenvalue weighted by Crippen LogP contribution is -2.47. The van der Waals surface area contributed by atoms with Gasteiger partial charge in [0, 0.05) is 44.1 Å². The molecule has 0 radical (unpaired) electrons. The number of quaternary nitrogens is 1. The van der Waals surface area contributed by atoms with Gasteiger partial charge in [-0.3, -0.25) is 33.0 Å². The van der Waals surface area contributed by atoms with Gasteiger partial charge in [-0.1, -0.05) is 103 Å². The maximum Gasteiger partial charge on any atom is 0.472 e. The number of aliphatic carboxylic acids is 1. The molecule has 23 heteroatoms. The number of hydrogen-bond acceptors (Lipinski definition) is 17. The number of aromatic nitrogens is 4. The molecule has 0 aliphatic rings. The Bertz CT molecular complexity index is 2250. The van der Waals surface area contributed by atoms with E-state index in [2.05, 4.69) is 37.5 Å². The number of benzene rings is 1. The third kappa shape index (κ3) is 28.2. The molecular formula is C52H86N10O12P+. The number of nitrogens with one attached hydrogen (secondary N) is 2. The number of nitrogens with two attached hydrogens (primary N) is 2. The first-order valence-electron chi connectivity index (χ1n) is 26.7. The zero-order valence-electron chi connectivity index (χ0n) is 45.1. The van der Waals surface area contributed by atoms with Crippen LogP contribution in [0.15, 0.2) is 30.5 Å². The van der Waals surface area contributed by atoms with Crippen molar-refractivity contribution in [2.45, 2.75) is 167 Å². The summed E-state index contributed by atoms with van der Waals surface area (Å²) in [5, 5.41) is 14.7. The second-order valence-electron chi connectivity index (χ2n) is 20.1. The van der Waals surface area contributed by atoms with Crippen LogP contribution in [0.5, 0.6) is 0 Å². The minimum Gasteiger partial charge on any atom is -0.481 e. The third-order valence-electron chi connectivity index (χ3n) is 12.2. The highest BCUT2D eigenvalue weighted by molar-refractivity contribution is 7.47. The predicted molar refractivity (Wildman–Crippen MR) is 287 cm³/mol. The highest BCUT2D eigenvalue weighted by atomic mass is 31.2. The van der Waals surface area contributed by atoms with E-state index in [0.717, 1.165) is 24.9 Å². The van der Waals surface area contributed by atoms with E-state index in [1.807, 2.05) is 33.1 Å². The van der Waals surface area contributed by atoms with Crippen molar-refractivity contribution in [3.05, 3.63) is 41.7 Å². The highest BCUT2D eigenvalue weighted by Gasteiger charge is 2.27. The van der Waals surface area contributed by atoms with E-state index in [-0.39, 0.29) is 68.4 Å². The van der Waals surface area contributed by atoms with Gasteiger partial charge < -0.3 is 51.0 Å². The van der Waals surface area contributed by atoms with Crippen LogP contribution >= 0.6 is 7.82 Å². The molecule has 0 saturated heterocycles. The van der Waals surface area contributed by atoms with Crippen molar-refractivity contribution < 1.29 is 61.5 Å². The lowest BCUT2D eigenvalue weighted by molar-refractivity contribution is -0.870. The van der Waals surface area contributed by atoms with Crippen LogP contribution in [0.1, 0.15) is 164 Å². The number of esters is 2. The lowest BCUT2D eigenvalue weighted by Gasteiger charge is -2.24. The van der Waals surface area contributed by atoms with Gasteiger partial charge in [0.1, 0.15) is 25.8 Å². The van der Waals surface area contributed by atoms with Crippen molar-refractivity contribution in [1.82, 2.24) is 30.6 Å². The number of phosphoric ester groups is 1. The molecule has 75 heavy (non-hydrogen) atoms. The second kappa shape index (κ2) is 34.9. The maximum absolute atomic E-state index is 13.3. The van der Waals surface area contributed by atoms with Crippen molar-refractivity contribution in [2.75, 3.05) is 77.5 Å². The Morgan fingerprint density at radius 1 is 0.760 bits per heavy atom. The summed E-state index contributed by atoms with van der Waals surface area (Å²) in [5.74, 6) is -3.28. The molecule has 0 fully saturated rings. The molecule has 3 atom stereocenters. The van der Waals surface area contributed by atoms with Gasteiger partial charge in [-0.15, -0.1) is 0 Å². The van der Waals surface area contributed by atoms with E-state index >= 15 is 0 Å². The molecule has 3 rings (SSSR count). The number of carbonyl (C=O) groups excluding carboxylic acids is 4. The zero-order chi connectivity index (χ0) is 55.1. The van der Waals surface area contributed by atoms with Gasteiger partial charge in [0.2, 0.25) is 11.9 Å².